The van der Waals surface area contributed by atoms with Gasteiger partial charge in [0.05, 0.1) is 18.7 Å². The lowest BCUT2D eigenvalue weighted by atomic mass is 9.94. The van der Waals surface area contributed by atoms with E-state index in [4.69, 9.17) is 9.47 Å². The van der Waals surface area contributed by atoms with Crippen LogP contribution in [0, 0.1) is 6.92 Å². The predicted molar refractivity (Wildman–Crippen MR) is 137 cm³/mol. The van der Waals surface area contributed by atoms with Gasteiger partial charge in [-0.3, -0.25) is 9.59 Å². The first-order valence-corrected chi connectivity index (χ1v) is 11.9. The number of likely N-dealkylation sites (N-methyl/N-ethyl adjacent to an activating group) is 1. The standard InChI is InChI=1S/C28H34N2O5/c1-6-17-35-22-13-14-23(19(4)18-22)26(31)24-25(20-9-11-21(34-5)12-10-20)30(28(33)27(24)32)16-15-29(7-2)8-3/h6,9-14,18,25,31H,1,7-8,15-17H2,2-5H3/t25-/m0/s1. The molecule has 1 aliphatic heterocycles. The van der Waals surface area contributed by atoms with E-state index >= 15 is 0 Å². The zero-order valence-corrected chi connectivity index (χ0v) is 20.9. The second-order valence-corrected chi connectivity index (χ2v) is 8.37. The lowest BCUT2D eigenvalue weighted by Gasteiger charge is -2.28. The molecule has 0 aliphatic carbocycles. The number of likely N-dealkylation sites (tertiary alicyclic amines) is 1. The maximum absolute atomic E-state index is 13.3. The molecular formula is C28H34N2O5. The molecule has 7 heteroatoms. The summed E-state index contributed by atoms with van der Waals surface area (Å²) in [5, 5.41) is 11.4. The molecule has 1 amide bonds. The molecule has 186 valence electrons. The fraction of sp³-hybridized carbons (Fsp3) is 0.357. The third kappa shape index (κ3) is 5.57. The van der Waals surface area contributed by atoms with E-state index < -0.39 is 17.7 Å². The van der Waals surface area contributed by atoms with Crippen molar-refractivity contribution in [2.75, 3.05) is 39.9 Å². The third-order valence-corrected chi connectivity index (χ3v) is 6.34. The first-order chi connectivity index (χ1) is 16.9. The first-order valence-electron chi connectivity index (χ1n) is 11.9. The number of hydrogen-bond acceptors (Lipinski definition) is 6. The Labute approximate surface area is 207 Å². The van der Waals surface area contributed by atoms with Crippen molar-refractivity contribution < 1.29 is 24.2 Å². The Kier molecular flexibility index (Phi) is 8.71. The Morgan fingerprint density at radius 1 is 1.11 bits per heavy atom. The Bertz CT molecular complexity index is 1100. The fourth-order valence-corrected chi connectivity index (χ4v) is 4.32. The second-order valence-electron chi connectivity index (χ2n) is 8.37. The van der Waals surface area contributed by atoms with Gasteiger partial charge in [0.25, 0.3) is 11.7 Å². The van der Waals surface area contributed by atoms with E-state index in [2.05, 4.69) is 25.3 Å². The molecule has 0 saturated carbocycles. The predicted octanol–water partition coefficient (Wildman–Crippen LogP) is 4.33. The van der Waals surface area contributed by atoms with Gasteiger partial charge in [-0.15, -0.1) is 0 Å². The van der Waals surface area contributed by atoms with Gasteiger partial charge in [-0.2, -0.15) is 0 Å². The van der Waals surface area contributed by atoms with E-state index in [0.29, 0.717) is 36.8 Å². The fourth-order valence-electron chi connectivity index (χ4n) is 4.32. The summed E-state index contributed by atoms with van der Waals surface area (Å²) in [4.78, 5) is 30.2. The van der Waals surface area contributed by atoms with Crippen LogP contribution in [0.2, 0.25) is 0 Å². The molecule has 0 bridgehead atoms. The quantitative estimate of drug-likeness (QED) is 0.224. The molecule has 1 saturated heterocycles. The maximum atomic E-state index is 13.3. The molecule has 2 aromatic rings. The number of ketones is 1. The van der Waals surface area contributed by atoms with Gasteiger partial charge >= 0.3 is 0 Å². The van der Waals surface area contributed by atoms with E-state index in [1.54, 1.807) is 48.4 Å². The highest BCUT2D eigenvalue weighted by molar-refractivity contribution is 6.46. The number of Topliss-reactive ketones (excluding diaryl/α,β-unsaturated/α-hetero) is 1. The number of benzene rings is 2. The number of rotatable bonds is 11. The molecule has 0 unspecified atom stereocenters. The number of methoxy groups -OCH3 is 1. The summed E-state index contributed by atoms with van der Waals surface area (Å²) >= 11 is 0. The molecule has 3 rings (SSSR count). The summed E-state index contributed by atoms with van der Waals surface area (Å²) in [6, 6.07) is 11.7. The van der Waals surface area contributed by atoms with Gasteiger partial charge in [0.2, 0.25) is 0 Å². The lowest BCUT2D eigenvalue weighted by molar-refractivity contribution is -0.140. The number of nitrogens with zero attached hydrogens (tertiary/aromatic N) is 2. The van der Waals surface area contributed by atoms with Crippen molar-refractivity contribution in [2.24, 2.45) is 0 Å². The van der Waals surface area contributed by atoms with Gasteiger partial charge in [0, 0.05) is 18.7 Å². The van der Waals surface area contributed by atoms with Gasteiger partial charge in [-0.25, -0.2) is 0 Å². The Hall–Kier alpha value is -3.58. The summed E-state index contributed by atoms with van der Waals surface area (Å²) < 4.78 is 10.9. The summed E-state index contributed by atoms with van der Waals surface area (Å²) in [6.07, 6.45) is 1.65. The van der Waals surface area contributed by atoms with E-state index in [-0.39, 0.29) is 11.3 Å². The minimum absolute atomic E-state index is 0.0857. The third-order valence-electron chi connectivity index (χ3n) is 6.34. The summed E-state index contributed by atoms with van der Waals surface area (Å²) in [5.74, 6) is -0.190. The Balaban J connectivity index is 2.08. The van der Waals surface area contributed by atoms with Crippen molar-refractivity contribution in [3.8, 4) is 11.5 Å². The van der Waals surface area contributed by atoms with Crippen LogP contribution >= 0.6 is 0 Å². The average Bonchev–Trinajstić information content (AvgIpc) is 3.12. The molecule has 1 atom stereocenters. The Morgan fingerprint density at radius 2 is 1.77 bits per heavy atom. The first kappa shape index (κ1) is 26.0. The van der Waals surface area contributed by atoms with Crippen LogP contribution in [0.15, 0.2) is 60.7 Å². The number of hydrogen-bond donors (Lipinski definition) is 1. The summed E-state index contributed by atoms with van der Waals surface area (Å²) in [5.41, 5.74) is 2.03. The number of amides is 1. The van der Waals surface area contributed by atoms with Crippen LogP contribution in [0.25, 0.3) is 5.76 Å². The van der Waals surface area contributed by atoms with E-state index in [0.717, 1.165) is 24.2 Å². The van der Waals surface area contributed by atoms with Crippen molar-refractivity contribution in [3.63, 3.8) is 0 Å². The number of ether oxygens (including phenoxy) is 2. The van der Waals surface area contributed by atoms with Crippen molar-refractivity contribution in [1.29, 1.82) is 0 Å². The summed E-state index contributed by atoms with van der Waals surface area (Å²) in [6.45, 7) is 12.6. The number of aliphatic hydroxyl groups excluding tert-OH is 1. The highest BCUT2D eigenvalue weighted by atomic mass is 16.5. The van der Waals surface area contributed by atoms with Crippen LogP contribution in [0.3, 0.4) is 0 Å². The summed E-state index contributed by atoms with van der Waals surface area (Å²) in [7, 11) is 1.58. The Morgan fingerprint density at radius 3 is 2.34 bits per heavy atom. The molecule has 1 aliphatic rings. The van der Waals surface area contributed by atoms with Gasteiger partial charge < -0.3 is 24.4 Å². The normalized spacial score (nSPS) is 17.2. The van der Waals surface area contributed by atoms with E-state index in [1.807, 2.05) is 19.1 Å². The molecule has 2 aromatic carbocycles. The molecule has 0 spiro atoms. The van der Waals surface area contributed by atoms with Gasteiger partial charge in [-0.05, 0) is 61.5 Å². The monoisotopic (exact) mass is 478 g/mol. The number of carbonyl (C=O) groups excluding carboxylic acids is 2. The van der Waals surface area contributed by atoms with Crippen LogP contribution < -0.4 is 9.47 Å². The molecule has 1 heterocycles. The minimum Gasteiger partial charge on any atom is -0.507 e. The largest absolute Gasteiger partial charge is 0.507 e. The lowest BCUT2D eigenvalue weighted by Crippen LogP contribution is -2.38. The zero-order chi connectivity index (χ0) is 25.5. The van der Waals surface area contributed by atoms with Crippen molar-refractivity contribution in [2.45, 2.75) is 26.8 Å². The number of aryl methyl sites for hydroxylation is 1. The highest BCUT2D eigenvalue weighted by Crippen LogP contribution is 2.40. The van der Waals surface area contributed by atoms with Crippen molar-refractivity contribution in [1.82, 2.24) is 9.80 Å². The van der Waals surface area contributed by atoms with Crippen LogP contribution in [0.4, 0.5) is 0 Å². The van der Waals surface area contributed by atoms with Crippen molar-refractivity contribution in [3.05, 3.63) is 77.4 Å². The van der Waals surface area contributed by atoms with Crippen LogP contribution in [0.5, 0.6) is 11.5 Å². The second kappa shape index (κ2) is 11.7. The molecule has 0 radical (unpaired) electrons. The molecule has 1 fully saturated rings. The smallest absolute Gasteiger partial charge is 0.295 e. The van der Waals surface area contributed by atoms with E-state index in [9.17, 15) is 14.7 Å². The van der Waals surface area contributed by atoms with Crippen LogP contribution in [-0.2, 0) is 9.59 Å². The maximum Gasteiger partial charge on any atom is 0.295 e. The number of aliphatic hydroxyl groups is 1. The van der Waals surface area contributed by atoms with Crippen molar-refractivity contribution >= 4 is 17.4 Å². The molecule has 1 N–H and O–H groups in total. The highest BCUT2D eigenvalue weighted by Gasteiger charge is 2.46. The number of carbonyl (C=O) groups is 2. The molecular weight excluding hydrogens is 444 g/mol. The van der Waals surface area contributed by atoms with Gasteiger partial charge in [0.1, 0.15) is 23.9 Å². The van der Waals surface area contributed by atoms with E-state index in [1.165, 1.54) is 0 Å². The SMILES string of the molecule is C=CCOc1ccc(C(O)=C2C(=O)C(=O)N(CCN(CC)CC)[C@H]2c2ccc(OC)cc2)c(C)c1. The molecule has 35 heavy (non-hydrogen) atoms. The van der Waals surface area contributed by atoms with Gasteiger partial charge in [-0.1, -0.05) is 38.6 Å². The minimum atomic E-state index is -0.701. The molecule has 7 nitrogen and oxygen atoms in total. The van der Waals surface area contributed by atoms with Crippen LogP contribution in [-0.4, -0.2) is 66.5 Å². The average molecular weight is 479 g/mol. The zero-order valence-electron chi connectivity index (χ0n) is 20.9. The molecule has 0 aromatic heterocycles. The topological polar surface area (TPSA) is 79.3 Å². The van der Waals surface area contributed by atoms with Crippen LogP contribution in [0.1, 0.15) is 36.6 Å². The van der Waals surface area contributed by atoms with Gasteiger partial charge in [0.15, 0.2) is 0 Å².